The van der Waals surface area contributed by atoms with Crippen LogP contribution in [-0.4, -0.2) is 28.9 Å². The Morgan fingerprint density at radius 2 is 1.71 bits per heavy atom. The van der Waals surface area contributed by atoms with Crippen LogP contribution in [0.5, 0.6) is 0 Å². The number of benzene rings is 1. The molecule has 21 heavy (non-hydrogen) atoms. The fourth-order valence-electron chi connectivity index (χ4n) is 2.08. The van der Waals surface area contributed by atoms with Crippen molar-refractivity contribution in [3.8, 4) is 0 Å². The van der Waals surface area contributed by atoms with Crippen LogP contribution < -0.4 is 0 Å². The summed E-state index contributed by atoms with van der Waals surface area (Å²) >= 11 is 0. The molecule has 0 bridgehead atoms. The summed E-state index contributed by atoms with van der Waals surface area (Å²) in [5, 5.41) is 8.84. The molecule has 4 heteroatoms. The molecule has 116 valence electrons. The van der Waals surface area contributed by atoms with Crippen molar-refractivity contribution in [2.45, 2.75) is 46.6 Å². The summed E-state index contributed by atoms with van der Waals surface area (Å²) in [6, 6.07) is 6.63. The molecule has 0 heterocycles. The van der Waals surface area contributed by atoms with Gasteiger partial charge < -0.3 is 10.0 Å². The molecule has 1 aromatic rings. The number of hydrogen-bond donors (Lipinski definition) is 1. The molecule has 1 aromatic carbocycles. The largest absolute Gasteiger partial charge is 0.478 e. The van der Waals surface area contributed by atoms with Crippen LogP contribution in [0.25, 0.3) is 0 Å². The molecule has 0 aliphatic rings. The van der Waals surface area contributed by atoms with E-state index in [2.05, 4.69) is 20.8 Å². The molecule has 0 spiro atoms. The van der Waals surface area contributed by atoms with Crippen LogP contribution in [0.2, 0.25) is 0 Å². The normalized spacial score (nSPS) is 11.2. The van der Waals surface area contributed by atoms with Crippen LogP contribution >= 0.6 is 0 Å². The number of carbonyl (C=O) groups is 2. The average molecular weight is 291 g/mol. The van der Waals surface area contributed by atoms with E-state index in [-0.39, 0.29) is 16.9 Å². The molecule has 1 N–H and O–H groups in total. The first-order valence-electron chi connectivity index (χ1n) is 7.25. The molecule has 0 unspecified atom stereocenters. The van der Waals surface area contributed by atoms with Crippen molar-refractivity contribution >= 4 is 11.9 Å². The van der Waals surface area contributed by atoms with Gasteiger partial charge in [0.25, 0.3) is 0 Å². The topological polar surface area (TPSA) is 57.6 Å². The van der Waals surface area contributed by atoms with Crippen molar-refractivity contribution < 1.29 is 14.7 Å². The van der Waals surface area contributed by atoms with E-state index in [1.807, 2.05) is 0 Å². The Balaban J connectivity index is 2.46. The van der Waals surface area contributed by atoms with Gasteiger partial charge in [-0.3, -0.25) is 4.79 Å². The van der Waals surface area contributed by atoms with Gasteiger partial charge in [-0.15, -0.1) is 0 Å². The fraction of sp³-hybridized carbons (Fsp3) is 0.529. The van der Waals surface area contributed by atoms with Crippen molar-refractivity contribution in [3.05, 3.63) is 35.4 Å². The van der Waals surface area contributed by atoms with E-state index < -0.39 is 5.97 Å². The van der Waals surface area contributed by atoms with Crippen molar-refractivity contribution in [2.75, 3.05) is 7.05 Å². The van der Waals surface area contributed by atoms with Gasteiger partial charge in [0.15, 0.2) is 0 Å². The van der Waals surface area contributed by atoms with E-state index in [4.69, 9.17) is 5.11 Å². The van der Waals surface area contributed by atoms with E-state index in [1.165, 1.54) is 0 Å². The number of carboxylic acid groups (broad SMARTS) is 1. The summed E-state index contributed by atoms with van der Waals surface area (Å²) in [5.74, 6) is -0.810. The van der Waals surface area contributed by atoms with Gasteiger partial charge in [-0.2, -0.15) is 0 Å². The quantitative estimate of drug-likeness (QED) is 0.872. The predicted octanol–water partition coefficient (Wildman–Crippen LogP) is 3.56. The zero-order valence-corrected chi connectivity index (χ0v) is 13.3. The van der Waals surface area contributed by atoms with Crippen molar-refractivity contribution in [3.63, 3.8) is 0 Å². The van der Waals surface area contributed by atoms with Crippen molar-refractivity contribution in [1.29, 1.82) is 0 Å². The average Bonchev–Trinajstić information content (AvgIpc) is 2.37. The number of nitrogens with zero attached hydrogens (tertiary/aromatic N) is 1. The van der Waals surface area contributed by atoms with Gasteiger partial charge >= 0.3 is 5.97 Å². The molecule has 1 rings (SSSR count). The lowest BCUT2D eigenvalue weighted by Crippen LogP contribution is -2.26. The molecule has 1 amide bonds. The minimum Gasteiger partial charge on any atom is -0.478 e. The van der Waals surface area contributed by atoms with E-state index in [1.54, 1.807) is 36.2 Å². The molecular weight excluding hydrogens is 266 g/mol. The highest BCUT2D eigenvalue weighted by Gasteiger charge is 2.13. The van der Waals surface area contributed by atoms with Crippen molar-refractivity contribution in [2.24, 2.45) is 5.41 Å². The van der Waals surface area contributed by atoms with Crippen molar-refractivity contribution in [1.82, 2.24) is 4.90 Å². The minimum atomic E-state index is -0.937. The Labute approximate surface area is 126 Å². The van der Waals surface area contributed by atoms with E-state index in [9.17, 15) is 9.59 Å². The van der Waals surface area contributed by atoms with Gasteiger partial charge in [0.1, 0.15) is 0 Å². The van der Waals surface area contributed by atoms with Gasteiger partial charge in [0.05, 0.1) is 5.56 Å². The smallest absolute Gasteiger partial charge is 0.335 e. The second-order valence-corrected chi connectivity index (χ2v) is 6.67. The Morgan fingerprint density at radius 3 is 2.19 bits per heavy atom. The second-order valence-electron chi connectivity index (χ2n) is 6.67. The SMILES string of the molecule is CN(Cc1ccc(C(=O)O)cc1)C(=O)CCCC(C)(C)C. The molecule has 0 saturated heterocycles. The summed E-state index contributed by atoms with van der Waals surface area (Å²) in [6.07, 6.45) is 2.48. The lowest BCUT2D eigenvalue weighted by molar-refractivity contribution is -0.130. The number of aromatic carboxylic acids is 1. The molecule has 0 atom stereocenters. The van der Waals surface area contributed by atoms with Gasteiger partial charge in [-0.1, -0.05) is 32.9 Å². The third-order valence-electron chi connectivity index (χ3n) is 3.36. The number of hydrogen-bond acceptors (Lipinski definition) is 2. The maximum Gasteiger partial charge on any atom is 0.335 e. The minimum absolute atomic E-state index is 0.126. The van der Waals surface area contributed by atoms with Gasteiger partial charge in [0.2, 0.25) is 5.91 Å². The number of amides is 1. The summed E-state index contributed by atoms with van der Waals surface area (Å²) in [4.78, 5) is 24.5. The fourth-order valence-corrected chi connectivity index (χ4v) is 2.08. The van der Waals surface area contributed by atoms with E-state index >= 15 is 0 Å². The lowest BCUT2D eigenvalue weighted by Gasteiger charge is -2.20. The Bertz CT molecular complexity index is 486. The van der Waals surface area contributed by atoms with E-state index in [0.717, 1.165) is 18.4 Å². The highest BCUT2D eigenvalue weighted by atomic mass is 16.4. The third kappa shape index (κ3) is 6.43. The zero-order valence-electron chi connectivity index (χ0n) is 13.3. The monoisotopic (exact) mass is 291 g/mol. The van der Waals surface area contributed by atoms with Crippen LogP contribution in [0.1, 0.15) is 56.0 Å². The Morgan fingerprint density at radius 1 is 1.14 bits per heavy atom. The van der Waals surface area contributed by atoms with Gasteiger partial charge in [-0.25, -0.2) is 4.79 Å². The molecule has 0 aliphatic carbocycles. The van der Waals surface area contributed by atoms with Gasteiger partial charge in [0, 0.05) is 20.0 Å². The molecule has 0 aliphatic heterocycles. The van der Waals surface area contributed by atoms with Crippen LogP contribution in [0, 0.1) is 5.41 Å². The number of rotatable bonds is 6. The summed E-state index contributed by atoms with van der Waals surface area (Å²) in [7, 11) is 1.78. The molecular formula is C17H25NO3. The Hall–Kier alpha value is -1.84. The zero-order chi connectivity index (χ0) is 16.0. The summed E-state index contributed by atoms with van der Waals surface area (Å²) < 4.78 is 0. The predicted molar refractivity (Wildman–Crippen MR) is 83.2 cm³/mol. The highest BCUT2D eigenvalue weighted by molar-refractivity contribution is 5.87. The van der Waals surface area contributed by atoms with Crippen LogP contribution in [0.3, 0.4) is 0 Å². The van der Waals surface area contributed by atoms with Crippen LogP contribution in [0.4, 0.5) is 0 Å². The number of carboxylic acids is 1. The number of carbonyl (C=O) groups excluding carboxylic acids is 1. The van der Waals surface area contributed by atoms with Crippen LogP contribution in [0.15, 0.2) is 24.3 Å². The highest BCUT2D eigenvalue weighted by Crippen LogP contribution is 2.21. The third-order valence-corrected chi connectivity index (χ3v) is 3.36. The van der Waals surface area contributed by atoms with Gasteiger partial charge in [-0.05, 0) is 36.0 Å². The maximum atomic E-state index is 12.0. The molecule has 4 nitrogen and oxygen atoms in total. The Kier molecular flexibility index (Phi) is 5.94. The molecule has 0 fully saturated rings. The summed E-state index contributed by atoms with van der Waals surface area (Å²) in [6.45, 7) is 7.02. The standard InChI is InChI=1S/C17H25NO3/c1-17(2,3)11-5-6-15(19)18(4)12-13-7-9-14(10-8-13)16(20)21/h7-10H,5-6,11-12H2,1-4H3,(H,20,21). The first-order valence-corrected chi connectivity index (χ1v) is 7.25. The van der Waals surface area contributed by atoms with Crippen LogP contribution in [-0.2, 0) is 11.3 Å². The summed E-state index contributed by atoms with van der Waals surface area (Å²) in [5.41, 5.74) is 1.45. The molecule has 0 aromatic heterocycles. The molecule has 0 radical (unpaired) electrons. The van der Waals surface area contributed by atoms with E-state index in [0.29, 0.717) is 13.0 Å². The molecule has 0 saturated carbocycles. The lowest BCUT2D eigenvalue weighted by atomic mass is 9.90. The first kappa shape index (κ1) is 17.2. The maximum absolute atomic E-state index is 12.0. The first-order chi connectivity index (χ1) is 9.69. The second kappa shape index (κ2) is 7.25.